The molecule has 0 aromatic carbocycles. The summed E-state index contributed by atoms with van der Waals surface area (Å²) in [4.78, 5) is 11.3. The zero-order valence-electron chi connectivity index (χ0n) is 14.0. The van der Waals surface area contributed by atoms with Crippen LogP contribution in [0, 0.1) is 5.92 Å². The van der Waals surface area contributed by atoms with Crippen molar-refractivity contribution in [2.24, 2.45) is 5.92 Å². The van der Waals surface area contributed by atoms with Crippen LogP contribution in [-0.4, -0.2) is 53.6 Å². The van der Waals surface area contributed by atoms with Crippen LogP contribution in [0.1, 0.15) is 19.3 Å². The summed E-state index contributed by atoms with van der Waals surface area (Å²) in [5.74, 6) is 0.580. The van der Waals surface area contributed by atoms with E-state index in [-0.39, 0.29) is 12.1 Å². The largest absolute Gasteiger partial charge is 0.448 e. The summed E-state index contributed by atoms with van der Waals surface area (Å²) in [6.45, 7) is 10.3. The average Bonchev–Trinajstić information content (AvgIpc) is 2.44. The maximum atomic E-state index is 11.3. The van der Waals surface area contributed by atoms with Crippen molar-refractivity contribution in [3.8, 4) is 0 Å². The standard InChI is InChI=1S/C15H32N2O3Si/c1-16-15(18)20-12-14(17-7-9-21(2,3)4)10-13-6-5-8-19-11-13/h13-14,17H,5-12H2,1-4H3,(H,16,18). The van der Waals surface area contributed by atoms with Crippen LogP contribution in [0.5, 0.6) is 0 Å². The molecule has 0 saturated carbocycles. The van der Waals surface area contributed by atoms with Gasteiger partial charge in [0, 0.05) is 34.4 Å². The van der Waals surface area contributed by atoms with Gasteiger partial charge in [0.25, 0.3) is 0 Å². The first-order chi connectivity index (χ1) is 9.90. The van der Waals surface area contributed by atoms with E-state index in [1.165, 1.54) is 12.5 Å². The quantitative estimate of drug-likeness (QED) is 0.675. The SMILES string of the molecule is CNC(=O)OCC(CC1CCCOC1)NCC[Si](C)(C)C. The Balaban J connectivity index is 2.38. The number of amides is 1. The van der Waals surface area contributed by atoms with Gasteiger partial charge in [-0.1, -0.05) is 19.6 Å². The van der Waals surface area contributed by atoms with Crippen LogP contribution < -0.4 is 10.6 Å². The van der Waals surface area contributed by atoms with Crippen molar-refractivity contribution in [3.63, 3.8) is 0 Å². The molecule has 0 radical (unpaired) electrons. The lowest BCUT2D eigenvalue weighted by Gasteiger charge is -2.28. The van der Waals surface area contributed by atoms with Crippen LogP contribution in [-0.2, 0) is 9.47 Å². The van der Waals surface area contributed by atoms with Crippen molar-refractivity contribution in [2.75, 3.05) is 33.4 Å². The fourth-order valence-electron chi connectivity index (χ4n) is 2.51. The average molecular weight is 317 g/mol. The van der Waals surface area contributed by atoms with E-state index < -0.39 is 8.07 Å². The zero-order valence-corrected chi connectivity index (χ0v) is 15.0. The van der Waals surface area contributed by atoms with Crippen molar-refractivity contribution >= 4 is 14.2 Å². The number of rotatable bonds is 8. The third kappa shape index (κ3) is 9.11. The summed E-state index contributed by atoms with van der Waals surface area (Å²) >= 11 is 0. The Bertz CT molecular complexity index is 302. The van der Waals surface area contributed by atoms with E-state index in [0.29, 0.717) is 12.5 Å². The van der Waals surface area contributed by atoms with Gasteiger partial charge >= 0.3 is 6.09 Å². The number of hydrogen-bond donors (Lipinski definition) is 2. The van der Waals surface area contributed by atoms with E-state index in [4.69, 9.17) is 9.47 Å². The first kappa shape index (κ1) is 18.5. The van der Waals surface area contributed by atoms with Gasteiger partial charge in [-0.3, -0.25) is 0 Å². The summed E-state index contributed by atoms with van der Waals surface area (Å²) in [5, 5.41) is 6.07. The highest BCUT2D eigenvalue weighted by molar-refractivity contribution is 6.76. The molecule has 0 aromatic rings. The van der Waals surface area contributed by atoms with Gasteiger partial charge in [-0.15, -0.1) is 0 Å². The van der Waals surface area contributed by atoms with Crippen LogP contribution in [0.25, 0.3) is 0 Å². The molecule has 21 heavy (non-hydrogen) atoms. The molecule has 0 aromatic heterocycles. The number of carbonyl (C=O) groups is 1. The lowest BCUT2D eigenvalue weighted by Crippen LogP contribution is -2.40. The number of nitrogens with one attached hydrogen (secondary N) is 2. The van der Waals surface area contributed by atoms with Gasteiger partial charge in [0.05, 0.1) is 0 Å². The zero-order chi connectivity index (χ0) is 15.7. The minimum atomic E-state index is -1.04. The minimum absolute atomic E-state index is 0.227. The molecule has 6 heteroatoms. The van der Waals surface area contributed by atoms with Gasteiger partial charge in [0.2, 0.25) is 0 Å². The summed E-state index contributed by atoms with van der Waals surface area (Å²) < 4.78 is 10.8. The van der Waals surface area contributed by atoms with Crippen LogP contribution in [0.2, 0.25) is 25.7 Å². The van der Waals surface area contributed by atoms with Crippen molar-refractivity contribution in [1.29, 1.82) is 0 Å². The molecule has 1 aliphatic rings. The van der Waals surface area contributed by atoms with Gasteiger partial charge in [-0.25, -0.2) is 4.79 Å². The lowest BCUT2D eigenvalue weighted by atomic mass is 9.94. The van der Waals surface area contributed by atoms with Crippen LogP contribution >= 0.6 is 0 Å². The summed E-state index contributed by atoms with van der Waals surface area (Å²) in [6.07, 6.45) is 3.02. The highest BCUT2D eigenvalue weighted by Crippen LogP contribution is 2.19. The second-order valence-corrected chi connectivity index (χ2v) is 12.8. The molecular formula is C15H32N2O3Si. The van der Waals surface area contributed by atoms with Gasteiger partial charge in [0.15, 0.2) is 0 Å². The van der Waals surface area contributed by atoms with Crippen molar-refractivity contribution in [2.45, 2.75) is 51.0 Å². The van der Waals surface area contributed by atoms with Gasteiger partial charge < -0.3 is 20.1 Å². The fourth-order valence-corrected chi connectivity index (χ4v) is 3.40. The van der Waals surface area contributed by atoms with Crippen LogP contribution in [0.4, 0.5) is 4.79 Å². The summed E-state index contributed by atoms with van der Waals surface area (Å²) in [6, 6.07) is 1.47. The molecule has 0 bridgehead atoms. The van der Waals surface area contributed by atoms with Crippen molar-refractivity contribution in [3.05, 3.63) is 0 Å². The van der Waals surface area contributed by atoms with Gasteiger partial charge in [-0.05, 0) is 37.8 Å². The molecule has 0 spiro atoms. The molecular weight excluding hydrogens is 284 g/mol. The third-order valence-electron chi connectivity index (χ3n) is 3.80. The number of carbonyl (C=O) groups excluding carboxylic acids is 1. The van der Waals surface area contributed by atoms with E-state index in [1.54, 1.807) is 7.05 Å². The first-order valence-electron chi connectivity index (χ1n) is 8.06. The maximum absolute atomic E-state index is 11.3. The molecule has 1 rings (SSSR count). The van der Waals surface area contributed by atoms with Gasteiger partial charge in [0.1, 0.15) is 6.61 Å². The van der Waals surface area contributed by atoms with Crippen LogP contribution in [0.3, 0.4) is 0 Å². The first-order valence-corrected chi connectivity index (χ1v) is 11.8. The molecule has 2 atom stereocenters. The minimum Gasteiger partial charge on any atom is -0.448 e. The van der Waals surface area contributed by atoms with E-state index in [1.807, 2.05) is 0 Å². The van der Waals surface area contributed by atoms with Crippen molar-refractivity contribution in [1.82, 2.24) is 10.6 Å². The maximum Gasteiger partial charge on any atom is 0.406 e. The Labute approximate surface area is 130 Å². The lowest BCUT2D eigenvalue weighted by molar-refractivity contribution is 0.0428. The summed E-state index contributed by atoms with van der Waals surface area (Å²) in [5.41, 5.74) is 0. The van der Waals surface area contributed by atoms with E-state index in [0.717, 1.165) is 32.6 Å². The molecule has 1 heterocycles. The Morgan fingerprint density at radius 3 is 2.76 bits per heavy atom. The highest BCUT2D eigenvalue weighted by Gasteiger charge is 2.21. The van der Waals surface area contributed by atoms with Crippen molar-refractivity contribution < 1.29 is 14.3 Å². The molecule has 0 aliphatic carbocycles. The van der Waals surface area contributed by atoms with Gasteiger partial charge in [-0.2, -0.15) is 0 Å². The molecule has 1 saturated heterocycles. The molecule has 1 fully saturated rings. The third-order valence-corrected chi connectivity index (χ3v) is 5.55. The Kier molecular flexibility index (Phi) is 8.29. The smallest absolute Gasteiger partial charge is 0.406 e. The highest BCUT2D eigenvalue weighted by atomic mass is 28.3. The number of ether oxygens (including phenoxy) is 2. The fraction of sp³-hybridized carbons (Fsp3) is 0.933. The Hall–Kier alpha value is -0.593. The van der Waals surface area contributed by atoms with Crippen LogP contribution in [0.15, 0.2) is 0 Å². The molecule has 2 N–H and O–H groups in total. The monoisotopic (exact) mass is 316 g/mol. The van der Waals surface area contributed by atoms with E-state index in [2.05, 4.69) is 30.3 Å². The second-order valence-electron chi connectivity index (χ2n) is 7.13. The summed E-state index contributed by atoms with van der Waals surface area (Å²) in [7, 11) is 0.553. The predicted molar refractivity (Wildman–Crippen MR) is 88.5 cm³/mol. The van der Waals surface area contributed by atoms with E-state index >= 15 is 0 Å². The normalized spacial score (nSPS) is 20.9. The molecule has 2 unspecified atom stereocenters. The molecule has 5 nitrogen and oxygen atoms in total. The Morgan fingerprint density at radius 1 is 1.43 bits per heavy atom. The topological polar surface area (TPSA) is 59.6 Å². The second kappa shape index (κ2) is 9.43. The predicted octanol–water partition coefficient (Wildman–Crippen LogP) is 2.46. The number of alkyl carbamates (subject to hydrolysis) is 1. The Morgan fingerprint density at radius 2 is 2.19 bits per heavy atom. The van der Waals surface area contributed by atoms with E-state index in [9.17, 15) is 4.79 Å². The molecule has 1 amide bonds. The molecule has 124 valence electrons. The molecule has 1 aliphatic heterocycles. The number of hydrogen-bond acceptors (Lipinski definition) is 4.